The van der Waals surface area contributed by atoms with Gasteiger partial charge in [0.15, 0.2) is 5.17 Å². The minimum Gasteiger partial charge on any atom is -0.466 e. The number of thioether (sulfide) groups is 1. The van der Waals surface area contributed by atoms with Crippen LogP contribution in [0.4, 0.5) is 13.2 Å². The highest BCUT2D eigenvalue weighted by molar-refractivity contribution is 8.18. The third-order valence-corrected chi connectivity index (χ3v) is 4.51. The highest BCUT2D eigenvalue weighted by atomic mass is 35.5. The summed E-state index contributed by atoms with van der Waals surface area (Å²) in [6, 6.07) is 1.79. The Bertz CT molecular complexity index is 854. The lowest BCUT2D eigenvalue weighted by Crippen LogP contribution is -2.19. The van der Waals surface area contributed by atoms with E-state index >= 15 is 0 Å². The number of methoxy groups -OCH3 is 1. The van der Waals surface area contributed by atoms with Crippen molar-refractivity contribution in [3.63, 3.8) is 0 Å². The Kier molecular flexibility index (Phi) is 6.32. The van der Waals surface area contributed by atoms with Gasteiger partial charge in [-0.15, -0.1) is 5.10 Å². The van der Waals surface area contributed by atoms with Crippen LogP contribution in [0, 0.1) is 0 Å². The highest BCUT2D eigenvalue weighted by Crippen LogP contribution is 2.38. The van der Waals surface area contributed by atoms with Crippen LogP contribution >= 0.6 is 35.0 Å². The smallest absolute Gasteiger partial charge is 0.417 e. The van der Waals surface area contributed by atoms with Gasteiger partial charge < -0.3 is 4.74 Å². The molecular weight excluding hydrogens is 418 g/mol. The Morgan fingerprint density at radius 1 is 1.35 bits per heavy atom. The molecule has 1 aromatic carbocycles. The van der Waals surface area contributed by atoms with Gasteiger partial charge in [0.2, 0.25) is 0 Å². The molecule has 1 amide bonds. The van der Waals surface area contributed by atoms with Crippen molar-refractivity contribution in [1.29, 1.82) is 0 Å². The van der Waals surface area contributed by atoms with Crippen molar-refractivity contribution in [2.45, 2.75) is 6.18 Å². The van der Waals surface area contributed by atoms with E-state index in [1.807, 2.05) is 0 Å². The molecule has 0 saturated carbocycles. The number of hydrogen-bond donors (Lipinski definition) is 1. The zero-order valence-electron chi connectivity index (χ0n) is 12.7. The van der Waals surface area contributed by atoms with Crippen LogP contribution in [0.25, 0.3) is 0 Å². The van der Waals surface area contributed by atoms with Crippen molar-refractivity contribution >= 4 is 58.2 Å². The molecule has 1 heterocycles. The Labute approximate surface area is 159 Å². The number of nitrogens with one attached hydrogen (secondary N) is 1. The maximum absolute atomic E-state index is 12.9. The molecule has 12 heteroatoms. The van der Waals surface area contributed by atoms with E-state index in [0.717, 1.165) is 43.3 Å². The van der Waals surface area contributed by atoms with Crippen molar-refractivity contribution < 1.29 is 27.5 Å². The lowest BCUT2D eigenvalue weighted by atomic mass is 10.1. The summed E-state index contributed by atoms with van der Waals surface area (Å²) in [5, 5.41) is 8.90. The number of benzene rings is 1. The van der Waals surface area contributed by atoms with E-state index < -0.39 is 28.6 Å². The van der Waals surface area contributed by atoms with Gasteiger partial charge in [-0.25, -0.2) is 4.79 Å². The molecule has 138 valence electrons. The normalized spacial score (nSPS) is 18.0. The molecule has 0 bridgehead atoms. The molecule has 1 aliphatic rings. The average molecular weight is 426 g/mol. The first kappa shape index (κ1) is 20.3. The van der Waals surface area contributed by atoms with Crippen LogP contribution in [-0.4, -0.2) is 30.4 Å². The number of esters is 1. The molecule has 1 N–H and O–H groups in total. The number of carbonyl (C=O) groups is 2. The fourth-order valence-electron chi connectivity index (χ4n) is 1.69. The summed E-state index contributed by atoms with van der Waals surface area (Å²) in [6.45, 7) is 0. The third kappa shape index (κ3) is 4.77. The molecular formula is C14H8Cl2F3N3O3S. The lowest BCUT2D eigenvalue weighted by Gasteiger charge is -2.11. The van der Waals surface area contributed by atoms with Gasteiger partial charge >= 0.3 is 12.1 Å². The highest BCUT2D eigenvalue weighted by Gasteiger charge is 2.34. The quantitative estimate of drug-likeness (QED) is 0.347. The number of amidine groups is 1. The number of amides is 1. The summed E-state index contributed by atoms with van der Waals surface area (Å²) in [5.41, 5.74) is -1.24. The van der Waals surface area contributed by atoms with Crippen LogP contribution in [0.3, 0.4) is 0 Å². The Balaban J connectivity index is 2.24. The number of carbonyl (C=O) groups excluding carboxylic acids is 2. The largest absolute Gasteiger partial charge is 0.466 e. The van der Waals surface area contributed by atoms with Gasteiger partial charge in [0.25, 0.3) is 5.91 Å². The number of halogens is 5. The summed E-state index contributed by atoms with van der Waals surface area (Å²) in [6.07, 6.45) is -2.76. The van der Waals surface area contributed by atoms with Crippen LogP contribution in [0.1, 0.15) is 11.1 Å². The van der Waals surface area contributed by atoms with Gasteiger partial charge in [-0.3, -0.25) is 10.1 Å². The summed E-state index contributed by atoms with van der Waals surface area (Å²) < 4.78 is 43.0. The zero-order valence-corrected chi connectivity index (χ0v) is 15.1. The predicted molar refractivity (Wildman–Crippen MR) is 92.3 cm³/mol. The molecule has 26 heavy (non-hydrogen) atoms. The Morgan fingerprint density at radius 3 is 2.65 bits per heavy atom. The van der Waals surface area contributed by atoms with E-state index in [4.69, 9.17) is 23.2 Å². The number of ether oxygens (including phenoxy) is 1. The van der Waals surface area contributed by atoms with E-state index in [9.17, 15) is 22.8 Å². The van der Waals surface area contributed by atoms with Crippen LogP contribution in [0.2, 0.25) is 10.0 Å². The first-order chi connectivity index (χ1) is 12.1. The molecule has 1 saturated heterocycles. The molecule has 1 fully saturated rings. The number of rotatable bonds is 3. The van der Waals surface area contributed by atoms with Gasteiger partial charge in [-0.2, -0.15) is 18.3 Å². The fraction of sp³-hybridized carbons (Fsp3) is 0.143. The van der Waals surface area contributed by atoms with E-state index in [1.165, 1.54) is 0 Å². The SMILES string of the molecule is COC(=O)/C=C1/S/C(=N\N=Cc2c(Cl)ccc(C(F)(F)F)c2Cl)NC1=O. The molecule has 0 aromatic heterocycles. The van der Waals surface area contributed by atoms with Crippen molar-refractivity contribution in [2.24, 2.45) is 10.2 Å². The Morgan fingerprint density at radius 2 is 2.04 bits per heavy atom. The minimum atomic E-state index is -4.65. The van der Waals surface area contributed by atoms with Crippen LogP contribution in [0.5, 0.6) is 0 Å². The van der Waals surface area contributed by atoms with Crippen molar-refractivity contribution in [1.82, 2.24) is 5.32 Å². The minimum absolute atomic E-state index is 0.0145. The first-order valence-corrected chi connectivity index (χ1v) is 8.15. The fourth-order valence-corrected chi connectivity index (χ4v) is 3.00. The molecule has 2 rings (SSSR count). The van der Waals surface area contributed by atoms with E-state index in [2.05, 4.69) is 20.3 Å². The Hall–Kier alpha value is -2.04. The summed E-state index contributed by atoms with van der Waals surface area (Å²) in [4.78, 5) is 22.8. The van der Waals surface area contributed by atoms with Crippen molar-refractivity contribution in [3.05, 3.63) is 44.3 Å². The summed E-state index contributed by atoms with van der Waals surface area (Å²) in [7, 11) is 1.15. The maximum Gasteiger partial charge on any atom is 0.417 e. The van der Waals surface area contributed by atoms with Crippen molar-refractivity contribution in [3.8, 4) is 0 Å². The number of alkyl halides is 3. The second-order valence-corrected chi connectivity index (χ2v) is 6.37. The van der Waals surface area contributed by atoms with E-state index in [-0.39, 0.29) is 20.7 Å². The van der Waals surface area contributed by atoms with Gasteiger partial charge in [-0.1, -0.05) is 23.2 Å². The number of hydrogen-bond acceptors (Lipinski definition) is 6. The maximum atomic E-state index is 12.9. The molecule has 6 nitrogen and oxygen atoms in total. The van der Waals surface area contributed by atoms with Gasteiger partial charge in [0, 0.05) is 11.6 Å². The molecule has 0 aliphatic carbocycles. The molecule has 0 radical (unpaired) electrons. The van der Waals surface area contributed by atoms with Gasteiger partial charge in [0.05, 0.1) is 33.8 Å². The van der Waals surface area contributed by atoms with Gasteiger partial charge in [-0.05, 0) is 23.9 Å². The average Bonchev–Trinajstić information content (AvgIpc) is 2.88. The molecule has 1 aliphatic heterocycles. The first-order valence-electron chi connectivity index (χ1n) is 6.58. The van der Waals surface area contributed by atoms with E-state index in [1.54, 1.807) is 0 Å². The monoisotopic (exact) mass is 425 g/mol. The summed E-state index contributed by atoms with van der Waals surface area (Å²) in [5.74, 6) is -1.32. The van der Waals surface area contributed by atoms with Crippen molar-refractivity contribution in [2.75, 3.05) is 7.11 Å². The topological polar surface area (TPSA) is 80.1 Å². The molecule has 0 atom stereocenters. The molecule has 1 aromatic rings. The van der Waals surface area contributed by atoms with Gasteiger partial charge in [0.1, 0.15) is 0 Å². The van der Waals surface area contributed by atoms with Crippen LogP contribution < -0.4 is 5.32 Å². The summed E-state index contributed by atoms with van der Waals surface area (Å²) >= 11 is 12.4. The predicted octanol–water partition coefficient (Wildman–Crippen LogP) is 3.62. The molecule has 0 spiro atoms. The second kappa shape index (κ2) is 8.11. The second-order valence-electron chi connectivity index (χ2n) is 4.56. The standard InChI is InChI=1S/C14H8Cl2F3N3O3S/c1-25-10(23)4-9-12(24)21-13(26-9)22-20-5-6-8(15)3-2-7(11(6)16)14(17,18)19/h2-5H,1H3,(H,21,22,24)/b9-4+,20-5?. The number of nitrogens with zero attached hydrogens (tertiary/aromatic N) is 2. The molecule has 0 unspecified atom stereocenters. The van der Waals surface area contributed by atoms with Crippen LogP contribution in [0.15, 0.2) is 33.3 Å². The lowest BCUT2D eigenvalue weighted by molar-refractivity contribution is -0.137. The zero-order chi connectivity index (χ0) is 19.5. The third-order valence-electron chi connectivity index (χ3n) is 2.87. The van der Waals surface area contributed by atoms with Crippen LogP contribution in [-0.2, 0) is 20.5 Å². The van der Waals surface area contributed by atoms with E-state index in [0.29, 0.717) is 0 Å².